The maximum absolute atomic E-state index is 11.9. The van der Waals surface area contributed by atoms with E-state index in [1.807, 2.05) is 24.3 Å². The second kappa shape index (κ2) is 7.44. The van der Waals surface area contributed by atoms with Gasteiger partial charge < -0.3 is 5.32 Å². The molecule has 2 nitrogen and oxygen atoms in total. The third-order valence-electron chi connectivity index (χ3n) is 3.64. The van der Waals surface area contributed by atoms with Crippen LogP contribution in [0.15, 0.2) is 28.7 Å². The van der Waals surface area contributed by atoms with Crippen LogP contribution in [-0.4, -0.2) is 17.3 Å². The minimum atomic E-state index is 0.128. The maximum atomic E-state index is 11.9. The van der Waals surface area contributed by atoms with E-state index in [9.17, 15) is 4.79 Å². The first kappa shape index (κ1) is 15.0. The zero-order chi connectivity index (χ0) is 13.7. The lowest BCUT2D eigenvalue weighted by atomic mass is 9.89. The molecule has 19 heavy (non-hydrogen) atoms. The number of nitrogens with one attached hydrogen (secondary N) is 1. The normalized spacial score (nSPS) is 23.1. The van der Waals surface area contributed by atoms with Gasteiger partial charge in [-0.2, -0.15) is 0 Å². The van der Waals surface area contributed by atoms with E-state index in [4.69, 9.17) is 0 Å². The number of benzene rings is 1. The highest BCUT2D eigenvalue weighted by molar-refractivity contribution is 9.10. The van der Waals surface area contributed by atoms with E-state index in [0.29, 0.717) is 17.2 Å². The molecule has 1 amide bonds. The molecule has 1 saturated carbocycles. The molecule has 1 aliphatic carbocycles. The third kappa shape index (κ3) is 5.27. The molecule has 1 fully saturated rings. The number of hydrogen-bond donors (Lipinski definition) is 1. The van der Waals surface area contributed by atoms with E-state index in [-0.39, 0.29) is 5.91 Å². The average Bonchev–Trinajstić information content (AvgIpc) is 2.41. The summed E-state index contributed by atoms with van der Waals surface area (Å²) in [6, 6.07) is 7.92. The van der Waals surface area contributed by atoms with Gasteiger partial charge in [-0.3, -0.25) is 4.79 Å². The van der Waals surface area contributed by atoms with Gasteiger partial charge in [0.1, 0.15) is 0 Å². The Morgan fingerprint density at radius 3 is 2.42 bits per heavy atom. The summed E-state index contributed by atoms with van der Waals surface area (Å²) in [4.78, 5) is 12.6. The van der Waals surface area contributed by atoms with E-state index in [1.165, 1.54) is 25.7 Å². The zero-order valence-electron chi connectivity index (χ0n) is 10.9. The van der Waals surface area contributed by atoms with Crippen LogP contribution in [-0.2, 0) is 11.2 Å². The fraction of sp³-hybridized carbons (Fsp3) is 0.533. The molecule has 0 heterocycles. The summed E-state index contributed by atoms with van der Waals surface area (Å²) in [6.45, 7) is 0.828. The molecule has 104 valence electrons. The Labute approximate surface area is 131 Å². The predicted molar refractivity (Wildman–Crippen MR) is 85.5 cm³/mol. The van der Waals surface area contributed by atoms with Crippen LogP contribution in [0.2, 0.25) is 0 Å². The van der Waals surface area contributed by atoms with Gasteiger partial charge >= 0.3 is 0 Å². The summed E-state index contributed by atoms with van der Waals surface area (Å²) >= 11 is 7.05. The van der Waals surface area contributed by atoms with Crippen LogP contribution < -0.4 is 5.32 Å². The van der Waals surface area contributed by atoms with E-state index >= 15 is 0 Å². The van der Waals surface area contributed by atoms with Crippen molar-refractivity contribution in [1.82, 2.24) is 5.32 Å². The van der Waals surface area contributed by atoms with Crippen molar-refractivity contribution < 1.29 is 4.79 Å². The molecule has 1 aromatic carbocycles. The monoisotopic (exact) mass is 387 g/mol. The molecule has 0 bridgehead atoms. The van der Waals surface area contributed by atoms with Crippen LogP contribution >= 0.6 is 31.9 Å². The SMILES string of the molecule is O=C(Cc1ccc(Br)cc1)NCC1CCC(Br)CC1. The Morgan fingerprint density at radius 1 is 1.16 bits per heavy atom. The van der Waals surface area contributed by atoms with E-state index < -0.39 is 0 Å². The second-order valence-electron chi connectivity index (χ2n) is 5.23. The van der Waals surface area contributed by atoms with Gasteiger partial charge in [0.25, 0.3) is 0 Å². The molecule has 0 saturated heterocycles. The van der Waals surface area contributed by atoms with E-state index in [0.717, 1.165) is 16.6 Å². The van der Waals surface area contributed by atoms with Crippen molar-refractivity contribution in [3.63, 3.8) is 0 Å². The smallest absolute Gasteiger partial charge is 0.224 e. The van der Waals surface area contributed by atoms with Crippen molar-refractivity contribution in [1.29, 1.82) is 0 Å². The first-order valence-corrected chi connectivity index (χ1v) is 8.49. The van der Waals surface area contributed by atoms with Crippen LogP contribution in [0.5, 0.6) is 0 Å². The van der Waals surface area contributed by atoms with Gasteiger partial charge in [-0.25, -0.2) is 0 Å². The summed E-state index contributed by atoms with van der Waals surface area (Å²) in [5, 5.41) is 3.06. The second-order valence-corrected chi connectivity index (χ2v) is 7.44. The minimum Gasteiger partial charge on any atom is -0.356 e. The number of carbonyl (C=O) groups excluding carboxylic acids is 1. The Morgan fingerprint density at radius 2 is 1.79 bits per heavy atom. The highest BCUT2D eigenvalue weighted by Gasteiger charge is 2.19. The number of amides is 1. The van der Waals surface area contributed by atoms with E-state index in [1.54, 1.807) is 0 Å². The van der Waals surface area contributed by atoms with Crippen molar-refractivity contribution >= 4 is 37.8 Å². The Balaban J connectivity index is 1.71. The first-order valence-electron chi connectivity index (χ1n) is 6.78. The van der Waals surface area contributed by atoms with Crippen molar-refractivity contribution in [3.8, 4) is 0 Å². The van der Waals surface area contributed by atoms with Crippen LogP contribution in [0.3, 0.4) is 0 Å². The number of alkyl halides is 1. The number of halogens is 2. The summed E-state index contributed by atoms with van der Waals surface area (Å²) in [5.74, 6) is 0.783. The molecular formula is C15H19Br2NO. The average molecular weight is 389 g/mol. The molecule has 0 spiro atoms. The zero-order valence-corrected chi connectivity index (χ0v) is 14.0. The summed E-state index contributed by atoms with van der Waals surface area (Å²) in [6.07, 6.45) is 5.37. The summed E-state index contributed by atoms with van der Waals surface area (Å²) in [7, 11) is 0. The van der Waals surface area contributed by atoms with Gasteiger partial charge in [0.15, 0.2) is 0 Å². The molecule has 0 aromatic heterocycles. The predicted octanol–water partition coefficient (Wildman–Crippen LogP) is 4.06. The largest absolute Gasteiger partial charge is 0.356 e. The molecule has 0 atom stereocenters. The Kier molecular flexibility index (Phi) is 5.89. The molecule has 1 aromatic rings. The number of rotatable bonds is 4. The van der Waals surface area contributed by atoms with Crippen LogP contribution in [0.1, 0.15) is 31.2 Å². The molecule has 1 N–H and O–H groups in total. The fourth-order valence-corrected chi connectivity index (χ4v) is 3.23. The topological polar surface area (TPSA) is 29.1 Å². The molecule has 1 aliphatic rings. The first-order chi connectivity index (χ1) is 9.13. The summed E-state index contributed by atoms with van der Waals surface area (Å²) < 4.78 is 1.04. The third-order valence-corrected chi connectivity index (χ3v) is 5.09. The van der Waals surface area contributed by atoms with Crippen molar-refractivity contribution in [3.05, 3.63) is 34.3 Å². The standard InChI is InChI=1S/C15H19Br2NO/c16-13-5-1-11(2-6-13)9-15(19)18-10-12-3-7-14(17)8-4-12/h1-2,5-6,12,14H,3-4,7-10H2,(H,18,19). The molecular weight excluding hydrogens is 370 g/mol. The maximum Gasteiger partial charge on any atom is 0.224 e. The minimum absolute atomic E-state index is 0.128. The molecule has 4 heteroatoms. The number of hydrogen-bond acceptors (Lipinski definition) is 1. The lowest BCUT2D eigenvalue weighted by Gasteiger charge is -2.25. The lowest BCUT2D eigenvalue weighted by Crippen LogP contribution is -2.32. The van der Waals surface area contributed by atoms with Crippen LogP contribution in [0.4, 0.5) is 0 Å². The number of carbonyl (C=O) groups is 1. The fourth-order valence-electron chi connectivity index (χ4n) is 2.43. The highest BCUT2D eigenvalue weighted by Crippen LogP contribution is 2.28. The van der Waals surface area contributed by atoms with E-state index in [2.05, 4.69) is 37.2 Å². The molecule has 0 aliphatic heterocycles. The highest BCUT2D eigenvalue weighted by atomic mass is 79.9. The van der Waals surface area contributed by atoms with Crippen molar-refractivity contribution in [2.75, 3.05) is 6.54 Å². The van der Waals surface area contributed by atoms with Gasteiger partial charge in [-0.1, -0.05) is 44.0 Å². The quantitative estimate of drug-likeness (QED) is 0.774. The van der Waals surface area contributed by atoms with Gasteiger partial charge in [0.05, 0.1) is 6.42 Å². The van der Waals surface area contributed by atoms with Gasteiger partial charge in [0.2, 0.25) is 5.91 Å². The Bertz CT molecular complexity index is 411. The van der Waals surface area contributed by atoms with Gasteiger partial charge in [-0.15, -0.1) is 0 Å². The van der Waals surface area contributed by atoms with Gasteiger partial charge in [-0.05, 0) is 49.3 Å². The molecule has 0 radical (unpaired) electrons. The lowest BCUT2D eigenvalue weighted by molar-refractivity contribution is -0.120. The van der Waals surface area contributed by atoms with Crippen LogP contribution in [0, 0.1) is 5.92 Å². The molecule has 0 unspecified atom stereocenters. The van der Waals surface area contributed by atoms with Gasteiger partial charge in [0, 0.05) is 15.8 Å². The van der Waals surface area contributed by atoms with Crippen LogP contribution in [0.25, 0.3) is 0 Å². The van der Waals surface area contributed by atoms with Crippen molar-refractivity contribution in [2.45, 2.75) is 36.9 Å². The van der Waals surface area contributed by atoms with Crippen molar-refractivity contribution in [2.24, 2.45) is 5.92 Å². The molecule has 2 rings (SSSR count). The Hall–Kier alpha value is -0.350. The summed E-state index contributed by atoms with van der Waals surface area (Å²) in [5.41, 5.74) is 1.06.